The van der Waals surface area contributed by atoms with Crippen LogP contribution >= 0.6 is 0 Å². The molecule has 0 amide bonds. The molecule has 0 aliphatic heterocycles. The SMILES string of the molecule is CC1C2CC(C(=O)OCCO)C(C2)C1C.CCCCOC(=O)CC1CC2CC1C(C)C2C. The van der Waals surface area contributed by atoms with Gasteiger partial charge in [-0.2, -0.15) is 0 Å². The molecule has 5 heteroatoms. The van der Waals surface area contributed by atoms with Crippen molar-refractivity contribution in [2.24, 2.45) is 59.2 Å². The maximum atomic E-state index is 11.7. The zero-order valence-electron chi connectivity index (χ0n) is 20.9. The number of unbranched alkanes of at least 4 members (excludes halogenated alkanes) is 1. The standard InChI is InChI=1S/C15H26O2.C12H20O3/c1-4-5-6-17-15(16)9-13-7-12-8-14(13)11(3)10(12)2;1-7-8(2)10-5-9(7)6-11(10)12(14)15-4-3-13/h10-14H,4-9H2,1-3H3;7-11,13H,3-6H2,1-2H3. The molecule has 10 unspecified atom stereocenters. The molecule has 4 aliphatic carbocycles. The van der Waals surface area contributed by atoms with E-state index in [2.05, 4.69) is 34.6 Å². The number of fused-ring (bicyclic) bond motifs is 4. The molecule has 0 heterocycles. The van der Waals surface area contributed by atoms with Gasteiger partial charge in [0.15, 0.2) is 0 Å². The summed E-state index contributed by atoms with van der Waals surface area (Å²) in [7, 11) is 0. The second kappa shape index (κ2) is 11.4. The van der Waals surface area contributed by atoms with E-state index in [1.165, 1.54) is 19.3 Å². The van der Waals surface area contributed by atoms with Crippen LogP contribution in [-0.4, -0.2) is 36.9 Å². The molecule has 4 fully saturated rings. The summed E-state index contributed by atoms with van der Waals surface area (Å²) in [6.45, 7) is 12.1. The third-order valence-corrected chi connectivity index (χ3v) is 9.76. The predicted octanol–water partition coefficient (Wildman–Crippen LogP) is 5.10. The lowest BCUT2D eigenvalue weighted by Gasteiger charge is -2.31. The molecule has 1 N–H and O–H groups in total. The van der Waals surface area contributed by atoms with Crippen LogP contribution in [0.3, 0.4) is 0 Å². The molecule has 5 nitrogen and oxygen atoms in total. The first-order valence-corrected chi connectivity index (χ1v) is 13.2. The van der Waals surface area contributed by atoms with Crippen molar-refractivity contribution in [3.8, 4) is 0 Å². The van der Waals surface area contributed by atoms with Crippen molar-refractivity contribution in [1.82, 2.24) is 0 Å². The maximum Gasteiger partial charge on any atom is 0.309 e. The van der Waals surface area contributed by atoms with Crippen molar-refractivity contribution >= 4 is 11.9 Å². The number of hydrogen-bond acceptors (Lipinski definition) is 5. The van der Waals surface area contributed by atoms with Crippen LogP contribution in [0.4, 0.5) is 0 Å². The minimum Gasteiger partial charge on any atom is -0.466 e. The van der Waals surface area contributed by atoms with Gasteiger partial charge in [-0.15, -0.1) is 0 Å². The van der Waals surface area contributed by atoms with Crippen LogP contribution in [0.5, 0.6) is 0 Å². The Hall–Kier alpha value is -1.10. The fourth-order valence-corrected chi connectivity index (χ4v) is 7.40. The molecule has 4 bridgehead atoms. The molecular weight excluding hydrogens is 404 g/mol. The lowest BCUT2D eigenvalue weighted by molar-refractivity contribution is -0.152. The highest BCUT2D eigenvalue weighted by molar-refractivity contribution is 5.73. The van der Waals surface area contributed by atoms with Crippen LogP contribution in [0.15, 0.2) is 0 Å². The number of aliphatic hydroxyl groups is 1. The molecule has 4 rings (SSSR count). The average molecular weight is 451 g/mol. The quantitative estimate of drug-likeness (QED) is 0.411. The van der Waals surface area contributed by atoms with Gasteiger partial charge in [-0.3, -0.25) is 9.59 Å². The van der Waals surface area contributed by atoms with Crippen molar-refractivity contribution in [3.63, 3.8) is 0 Å². The lowest BCUT2D eigenvalue weighted by Crippen LogP contribution is -2.31. The maximum absolute atomic E-state index is 11.7. The van der Waals surface area contributed by atoms with Crippen LogP contribution in [-0.2, 0) is 19.1 Å². The van der Waals surface area contributed by atoms with E-state index in [4.69, 9.17) is 14.6 Å². The fourth-order valence-electron chi connectivity index (χ4n) is 7.40. The monoisotopic (exact) mass is 450 g/mol. The molecule has 0 aromatic rings. The van der Waals surface area contributed by atoms with Gasteiger partial charge in [0, 0.05) is 6.42 Å². The molecule has 184 valence electrons. The number of ether oxygens (including phenoxy) is 2. The van der Waals surface area contributed by atoms with E-state index >= 15 is 0 Å². The second-order valence-electron chi connectivity index (χ2n) is 11.3. The van der Waals surface area contributed by atoms with Crippen LogP contribution in [0.2, 0.25) is 0 Å². The van der Waals surface area contributed by atoms with Crippen LogP contribution in [0.25, 0.3) is 0 Å². The third-order valence-electron chi connectivity index (χ3n) is 9.76. The fraction of sp³-hybridized carbons (Fsp3) is 0.926. The van der Waals surface area contributed by atoms with Gasteiger partial charge in [-0.05, 0) is 85.4 Å². The highest BCUT2D eigenvalue weighted by Crippen LogP contribution is 2.56. The second-order valence-corrected chi connectivity index (χ2v) is 11.3. The molecule has 0 spiro atoms. The Labute approximate surface area is 195 Å². The molecule has 0 saturated heterocycles. The van der Waals surface area contributed by atoms with E-state index in [9.17, 15) is 9.59 Å². The van der Waals surface area contributed by atoms with Gasteiger partial charge in [-0.25, -0.2) is 0 Å². The number of esters is 2. The van der Waals surface area contributed by atoms with E-state index in [1.54, 1.807) is 0 Å². The summed E-state index contributed by atoms with van der Waals surface area (Å²) < 4.78 is 10.3. The van der Waals surface area contributed by atoms with Crippen molar-refractivity contribution in [3.05, 3.63) is 0 Å². The first-order valence-electron chi connectivity index (χ1n) is 13.2. The first-order chi connectivity index (χ1) is 15.3. The van der Waals surface area contributed by atoms with Gasteiger partial charge in [0.05, 0.1) is 19.1 Å². The summed E-state index contributed by atoms with van der Waals surface area (Å²) >= 11 is 0. The van der Waals surface area contributed by atoms with Gasteiger partial charge >= 0.3 is 11.9 Å². The predicted molar refractivity (Wildman–Crippen MR) is 125 cm³/mol. The summed E-state index contributed by atoms with van der Waals surface area (Å²) in [5.41, 5.74) is 0. The Bertz CT molecular complexity index is 630. The van der Waals surface area contributed by atoms with Crippen molar-refractivity contribution < 1.29 is 24.2 Å². The molecule has 10 atom stereocenters. The van der Waals surface area contributed by atoms with Crippen LogP contribution in [0.1, 0.15) is 79.6 Å². The van der Waals surface area contributed by atoms with E-state index < -0.39 is 0 Å². The summed E-state index contributed by atoms with van der Waals surface area (Å²) in [5, 5.41) is 8.61. The minimum atomic E-state index is -0.0877. The molecule has 32 heavy (non-hydrogen) atoms. The number of hydrogen-bond donors (Lipinski definition) is 1. The summed E-state index contributed by atoms with van der Waals surface area (Å²) in [4.78, 5) is 23.4. The molecule has 4 aliphatic rings. The lowest BCUT2D eigenvalue weighted by atomic mass is 9.74. The van der Waals surface area contributed by atoms with Gasteiger partial charge in [-0.1, -0.05) is 41.0 Å². The summed E-state index contributed by atoms with van der Waals surface area (Å²) in [5.74, 6) is 6.66. The van der Waals surface area contributed by atoms with Crippen LogP contribution in [0, 0.1) is 59.2 Å². The van der Waals surface area contributed by atoms with Crippen molar-refractivity contribution in [2.75, 3.05) is 19.8 Å². The number of aliphatic hydroxyl groups excluding tert-OH is 1. The number of rotatable bonds is 8. The molecule has 0 radical (unpaired) electrons. The first kappa shape index (κ1) is 25.5. The van der Waals surface area contributed by atoms with Crippen LogP contribution < -0.4 is 0 Å². The number of carbonyl (C=O) groups excluding carboxylic acids is 2. The zero-order valence-corrected chi connectivity index (χ0v) is 20.9. The minimum absolute atomic E-state index is 0.0378. The Kier molecular flexibility index (Phi) is 9.05. The Morgan fingerprint density at radius 3 is 1.97 bits per heavy atom. The zero-order chi connectivity index (χ0) is 23.4. The Morgan fingerprint density at radius 1 is 0.812 bits per heavy atom. The highest BCUT2D eigenvalue weighted by Gasteiger charge is 2.51. The largest absolute Gasteiger partial charge is 0.466 e. The van der Waals surface area contributed by atoms with Gasteiger partial charge in [0.25, 0.3) is 0 Å². The molecule has 4 saturated carbocycles. The smallest absolute Gasteiger partial charge is 0.309 e. The van der Waals surface area contributed by atoms with E-state index in [0.717, 1.165) is 54.8 Å². The molecule has 0 aromatic carbocycles. The van der Waals surface area contributed by atoms with Gasteiger partial charge < -0.3 is 14.6 Å². The van der Waals surface area contributed by atoms with Gasteiger partial charge in [0.1, 0.15) is 6.61 Å². The third kappa shape index (κ3) is 5.51. The molecular formula is C27H46O5. The van der Waals surface area contributed by atoms with E-state index in [0.29, 0.717) is 30.8 Å². The van der Waals surface area contributed by atoms with E-state index in [-0.39, 0.29) is 31.1 Å². The summed E-state index contributed by atoms with van der Waals surface area (Å²) in [6, 6.07) is 0. The Morgan fingerprint density at radius 2 is 1.44 bits per heavy atom. The van der Waals surface area contributed by atoms with Crippen molar-refractivity contribution in [2.45, 2.75) is 79.6 Å². The van der Waals surface area contributed by atoms with Gasteiger partial charge in [0.2, 0.25) is 0 Å². The molecule has 0 aromatic heterocycles. The average Bonchev–Trinajstić information content (AvgIpc) is 3.51. The Balaban J connectivity index is 0.000000182. The number of carbonyl (C=O) groups is 2. The highest BCUT2D eigenvalue weighted by atomic mass is 16.5. The summed E-state index contributed by atoms with van der Waals surface area (Å²) in [6.07, 6.45) is 7.57. The van der Waals surface area contributed by atoms with E-state index in [1.807, 2.05) is 0 Å². The topological polar surface area (TPSA) is 72.8 Å². The normalized spacial score (nSPS) is 41.3. The van der Waals surface area contributed by atoms with Crippen molar-refractivity contribution in [1.29, 1.82) is 0 Å².